The second-order valence-electron chi connectivity index (χ2n) is 4.52. The highest BCUT2D eigenvalue weighted by Gasteiger charge is 2.21. The average molecular weight is 241 g/mol. The molecular formula is C13H17F2NO. The average Bonchev–Trinajstić information content (AvgIpc) is 2.28. The number of nitrogens with one attached hydrogen (secondary N) is 1. The highest BCUT2D eigenvalue weighted by Crippen LogP contribution is 2.24. The predicted molar refractivity (Wildman–Crippen MR) is 63.0 cm³/mol. The molecule has 0 radical (unpaired) electrons. The van der Waals surface area contributed by atoms with Gasteiger partial charge in [-0.1, -0.05) is 0 Å². The summed E-state index contributed by atoms with van der Waals surface area (Å²) in [6.07, 6.45) is 4.28. The van der Waals surface area contributed by atoms with Crippen molar-refractivity contribution in [1.29, 1.82) is 0 Å². The van der Waals surface area contributed by atoms with E-state index in [1.54, 1.807) is 7.11 Å². The standard InChI is InChI=1S/C13H17F2NO/c1-17-13-4-2-3-11(8-13)16-12-6-9(14)5-10(15)7-12/h5-7,11,13,16H,2-4,8H2,1H3. The maximum Gasteiger partial charge on any atom is 0.128 e. The van der Waals surface area contributed by atoms with E-state index in [-0.39, 0.29) is 12.1 Å². The van der Waals surface area contributed by atoms with E-state index in [4.69, 9.17) is 4.74 Å². The molecule has 2 nitrogen and oxygen atoms in total. The van der Waals surface area contributed by atoms with Gasteiger partial charge in [0.1, 0.15) is 11.6 Å². The zero-order valence-electron chi connectivity index (χ0n) is 9.88. The van der Waals surface area contributed by atoms with Crippen LogP contribution in [0.1, 0.15) is 25.7 Å². The van der Waals surface area contributed by atoms with Crippen LogP contribution in [-0.2, 0) is 4.74 Å². The molecule has 2 atom stereocenters. The molecule has 1 aromatic rings. The summed E-state index contributed by atoms with van der Waals surface area (Å²) in [5.41, 5.74) is 0.504. The minimum absolute atomic E-state index is 0.231. The molecule has 2 unspecified atom stereocenters. The van der Waals surface area contributed by atoms with E-state index in [9.17, 15) is 8.78 Å². The van der Waals surface area contributed by atoms with Gasteiger partial charge in [0.15, 0.2) is 0 Å². The molecule has 0 spiro atoms. The van der Waals surface area contributed by atoms with E-state index >= 15 is 0 Å². The smallest absolute Gasteiger partial charge is 0.128 e. The van der Waals surface area contributed by atoms with Crippen LogP contribution in [0.25, 0.3) is 0 Å². The molecule has 0 heterocycles. The molecule has 1 aliphatic rings. The summed E-state index contributed by atoms with van der Waals surface area (Å²) in [5, 5.41) is 3.17. The van der Waals surface area contributed by atoms with Gasteiger partial charge in [-0.05, 0) is 37.8 Å². The Bertz CT molecular complexity index is 363. The molecule has 1 aliphatic carbocycles. The van der Waals surface area contributed by atoms with Gasteiger partial charge < -0.3 is 10.1 Å². The summed E-state index contributed by atoms with van der Waals surface area (Å²) in [4.78, 5) is 0. The maximum absolute atomic E-state index is 13.0. The summed E-state index contributed by atoms with van der Waals surface area (Å²) < 4.78 is 31.4. The molecule has 0 amide bonds. The van der Waals surface area contributed by atoms with Gasteiger partial charge in [0.25, 0.3) is 0 Å². The molecule has 0 bridgehead atoms. The van der Waals surface area contributed by atoms with Crippen molar-refractivity contribution in [2.45, 2.75) is 37.8 Å². The molecule has 1 N–H and O–H groups in total. The third-order valence-corrected chi connectivity index (χ3v) is 3.19. The fourth-order valence-electron chi connectivity index (χ4n) is 2.36. The molecule has 94 valence electrons. The molecule has 17 heavy (non-hydrogen) atoms. The van der Waals surface area contributed by atoms with Crippen molar-refractivity contribution in [3.8, 4) is 0 Å². The van der Waals surface area contributed by atoms with Gasteiger partial charge in [0, 0.05) is 24.9 Å². The van der Waals surface area contributed by atoms with Crippen LogP contribution >= 0.6 is 0 Å². The second kappa shape index (κ2) is 5.45. The Kier molecular flexibility index (Phi) is 3.94. The van der Waals surface area contributed by atoms with Crippen LogP contribution in [0.3, 0.4) is 0 Å². The Morgan fingerprint density at radius 1 is 1.18 bits per heavy atom. The van der Waals surface area contributed by atoms with E-state index < -0.39 is 11.6 Å². The molecule has 4 heteroatoms. The van der Waals surface area contributed by atoms with Crippen LogP contribution in [0, 0.1) is 11.6 Å². The molecule has 1 saturated carbocycles. The lowest BCUT2D eigenvalue weighted by Gasteiger charge is -2.29. The van der Waals surface area contributed by atoms with Gasteiger partial charge >= 0.3 is 0 Å². The first kappa shape index (κ1) is 12.3. The van der Waals surface area contributed by atoms with Gasteiger partial charge in [-0.15, -0.1) is 0 Å². The van der Waals surface area contributed by atoms with Crippen molar-refractivity contribution in [3.63, 3.8) is 0 Å². The predicted octanol–water partition coefficient (Wildman–Crippen LogP) is 3.33. The third-order valence-electron chi connectivity index (χ3n) is 3.19. The summed E-state index contributed by atoms with van der Waals surface area (Å²) in [7, 11) is 1.70. The fraction of sp³-hybridized carbons (Fsp3) is 0.538. The zero-order valence-corrected chi connectivity index (χ0v) is 9.88. The highest BCUT2D eigenvalue weighted by atomic mass is 19.1. The van der Waals surface area contributed by atoms with Gasteiger partial charge in [-0.2, -0.15) is 0 Å². The monoisotopic (exact) mass is 241 g/mol. The van der Waals surface area contributed by atoms with Crippen LogP contribution < -0.4 is 5.32 Å². The zero-order chi connectivity index (χ0) is 12.3. The fourth-order valence-corrected chi connectivity index (χ4v) is 2.36. The second-order valence-corrected chi connectivity index (χ2v) is 4.52. The van der Waals surface area contributed by atoms with Gasteiger partial charge in [-0.25, -0.2) is 8.78 Å². The van der Waals surface area contributed by atoms with Crippen molar-refractivity contribution >= 4 is 5.69 Å². The number of ether oxygens (including phenoxy) is 1. The van der Waals surface area contributed by atoms with E-state index in [1.807, 2.05) is 0 Å². The number of halogens is 2. The van der Waals surface area contributed by atoms with Crippen LogP contribution in [0.15, 0.2) is 18.2 Å². The number of rotatable bonds is 3. The normalized spacial score (nSPS) is 24.6. The summed E-state index contributed by atoms with van der Waals surface area (Å²) in [6.45, 7) is 0. The topological polar surface area (TPSA) is 21.3 Å². The van der Waals surface area contributed by atoms with Crippen molar-refractivity contribution in [3.05, 3.63) is 29.8 Å². The van der Waals surface area contributed by atoms with Gasteiger partial charge in [-0.3, -0.25) is 0 Å². The maximum atomic E-state index is 13.0. The third kappa shape index (κ3) is 3.40. The van der Waals surface area contributed by atoms with Crippen LogP contribution in [-0.4, -0.2) is 19.3 Å². The summed E-state index contributed by atoms with van der Waals surface area (Å²) >= 11 is 0. The number of benzene rings is 1. The van der Waals surface area contributed by atoms with Gasteiger partial charge in [0.2, 0.25) is 0 Å². The Balaban J connectivity index is 2.00. The van der Waals surface area contributed by atoms with Crippen molar-refractivity contribution in [2.75, 3.05) is 12.4 Å². The van der Waals surface area contributed by atoms with Crippen LogP contribution in [0.5, 0.6) is 0 Å². The first-order valence-electron chi connectivity index (χ1n) is 5.93. The molecule has 0 aromatic heterocycles. The summed E-state index contributed by atoms with van der Waals surface area (Å²) in [6, 6.07) is 3.75. The lowest BCUT2D eigenvalue weighted by atomic mass is 9.92. The molecule has 1 aromatic carbocycles. The number of hydrogen-bond donors (Lipinski definition) is 1. The lowest BCUT2D eigenvalue weighted by molar-refractivity contribution is 0.0669. The number of methoxy groups -OCH3 is 1. The molecule has 2 rings (SSSR count). The largest absolute Gasteiger partial charge is 0.382 e. The quantitative estimate of drug-likeness (QED) is 0.876. The van der Waals surface area contributed by atoms with E-state index in [0.29, 0.717) is 5.69 Å². The molecular weight excluding hydrogens is 224 g/mol. The Hall–Kier alpha value is -1.16. The van der Waals surface area contributed by atoms with E-state index in [1.165, 1.54) is 12.1 Å². The molecule has 0 saturated heterocycles. The Morgan fingerprint density at radius 2 is 1.88 bits per heavy atom. The first-order chi connectivity index (χ1) is 8.17. The van der Waals surface area contributed by atoms with Crippen molar-refractivity contribution in [1.82, 2.24) is 0 Å². The Morgan fingerprint density at radius 3 is 2.53 bits per heavy atom. The number of anilines is 1. The minimum Gasteiger partial charge on any atom is -0.382 e. The van der Waals surface area contributed by atoms with Crippen LogP contribution in [0.4, 0.5) is 14.5 Å². The first-order valence-corrected chi connectivity index (χ1v) is 5.93. The van der Waals surface area contributed by atoms with Gasteiger partial charge in [0.05, 0.1) is 6.10 Å². The van der Waals surface area contributed by atoms with E-state index in [0.717, 1.165) is 31.7 Å². The van der Waals surface area contributed by atoms with Crippen molar-refractivity contribution < 1.29 is 13.5 Å². The SMILES string of the molecule is COC1CCCC(Nc2cc(F)cc(F)c2)C1. The summed E-state index contributed by atoms with van der Waals surface area (Å²) in [5.74, 6) is -1.10. The highest BCUT2D eigenvalue weighted by molar-refractivity contribution is 5.44. The molecule has 0 aliphatic heterocycles. The number of hydrogen-bond acceptors (Lipinski definition) is 2. The van der Waals surface area contributed by atoms with Crippen LogP contribution in [0.2, 0.25) is 0 Å². The van der Waals surface area contributed by atoms with E-state index in [2.05, 4.69) is 5.32 Å². The minimum atomic E-state index is -0.549. The Labute approximate surface area is 100.0 Å². The molecule has 1 fully saturated rings. The van der Waals surface area contributed by atoms with Crippen molar-refractivity contribution in [2.24, 2.45) is 0 Å². The lowest BCUT2D eigenvalue weighted by Crippen LogP contribution is -2.31.